The van der Waals surface area contributed by atoms with Crippen molar-refractivity contribution in [2.75, 3.05) is 5.32 Å². The van der Waals surface area contributed by atoms with Crippen LogP contribution in [0.3, 0.4) is 0 Å². The molecule has 0 unspecified atom stereocenters. The fraction of sp³-hybridized carbons (Fsp3) is 0.188. The summed E-state index contributed by atoms with van der Waals surface area (Å²) in [7, 11) is 0. The summed E-state index contributed by atoms with van der Waals surface area (Å²) >= 11 is 0. The van der Waals surface area contributed by atoms with Crippen LogP contribution in [0.5, 0.6) is 0 Å². The van der Waals surface area contributed by atoms with Gasteiger partial charge < -0.3 is 11.1 Å². The third kappa shape index (κ3) is 2.94. The highest BCUT2D eigenvalue weighted by molar-refractivity contribution is 5.96. The van der Waals surface area contributed by atoms with Gasteiger partial charge >= 0.3 is 0 Å². The highest BCUT2D eigenvalue weighted by atomic mass is 15.1. The van der Waals surface area contributed by atoms with E-state index in [2.05, 4.69) is 28.5 Å². The maximum absolute atomic E-state index is 5.93. The standard InChI is InChI=1S/C16H17N3/c17-16(18-13-10-11-13)19-15-9-5-4-8-14(15)12-6-2-1-3-7-12/h1-9,13H,10-11H2,(H3,17,18,19). The van der Waals surface area contributed by atoms with Crippen molar-refractivity contribution in [1.82, 2.24) is 0 Å². The van der Waals surface area contributed by atoms with Gasteiger partial charge in [0.1, 0.15) is 0 Å². The smallest absolute Gasteiger partial charge is 0.193 e. The normalized spacial score (nSPS) is 15.3. The molecule has 0 atom stereocenters. The molecule has 0 amide bonds. The van der Waals surface area contributed by atoms with Crippen molar-refractivity contribution in [2.45, 2.75) is 18.9 Å². The molecule has 1 aliphatic rings. The fourth-order valence-electron chi connectivity index (χ4n) is 2.03. The van der Waals surface area contributed by atoms with E-state index in [-0.39, 0.29) is 0 Å². The number of nitrogens with two attached hydrogens (primary N) is 1. The van der Waals surface area contributed by atoms with Crippen LogP contribution in [0.4, 0.5) is 5.69 Å². The van der Waals surface area contributed by atoms with Gasteiger partial charge in [-0.25, -0.2) is 4.99 Å². The molecule has 0 bridgehead atoms. The summed E-state index contributed by atoms with van der Waals surface area (Å²) in [5.41, 5.74) is 9.24. The second-order valence-electron chi connectivity index (χ2n) is 4.78. The molecule has 0 radical (unpaired) electrons. The van der Waals surface area contributed by atoms with E-state index in [9.17, 15) is 0 Å². The molecule has 2 aromatic rings. The summed E-state index contributed by atoms with van der Waals surface area (Å²) in [5, 5.41) is 3.21. The van der Waals surface area contributed by atoms with E-state index in [1.807, 2.05) is 36.4 Å². The number of hydrogen-bond donors (Lipinski definition) is 2. The Labute approximate surface area is 113 Å². The van der Waals surface area contributed by atoms with Gasteiger partial charge in [-0.15, -0.1) is 0 Å². The van der Waals surface area contributed by atoms with Crippen LogP contribution in [0.25, 0.3) is 11.1 Å². The molecule has 3 rings (SSSR count). The first-order valence-electron chi connectivity index (χ1n) is 6.58. The summed E-state index contributed by atoms with van der Waals surface area (Å²) in [6, 6.07) is 18.8. The predicted octanol–water partition coefficient (Wildman–Crippen LogP) is 3.24. The van der Waals surface area contributed by atoms with Crippen molar-refractivity contribution in [3.05, 3.63) is 54.6 Å². The van der Waals surface area contributed by atoms with Gasteiger partial charge in [0, 0.05) is 11.3 Å². The Morgan fingerprint density at radius 1 is 1.00 bits per heavy atom. The van der Waals surface area contributed by atoms with Gasteiger partial charge in [0.2, 0.25) is 0 Å². The van der Waals surface area contributed by atoms with Crippen LogP contribution in [0, 0.1) is 0 Å². The molecule has 1 aliphatic carbocycles. The maximum atomic E-state index is 5.93. The Kier molecular flexibility index (Phi) is 3.19. The molecular weight excluding hydrogens is 234 g/mol. The molecule has 0 saturated heterocycles. The third-order valence-electron chi connectivity index (χ3n) is 3.14. The van der Waals surface area contributed by atoms with Crippen LogP contribution in [0.1, 0.15) is 12.8 Å². The summed E-state index contributed by atoms with van der Waals surface area (Å²) in [6.07, 6.45) is 2.31. The van der Waals surface area contributed by atoms with Crippen LogP contribution < -0.4 is 11.1 Å². The van der Waals surface area contributed by atoms with Gasteiger partial charge in [0.25, 0.3) is 0 Å². The first kappa shape index (κ1) is 11.8. The lowest BCUT2D eigenvalue weighted by Crippen LogP contribution is -2.23. The summed E-state index contributed by atoms with van der Waals surface area (Å²) < 4.78 is 0. The minimum absolute atomic E-state index is 0.427. The number of benzene rings is 2. The highest BCUT2D eigenvalue weighted by Gasteiger charge is 2.20. The lowest BCUT2D eigenvalue weighted by molar-refractivity contribution is 1.06. The maximum Gasteiger partial charge on any atom is 0.193 e. The Morgan fingerprint density at radius 2 is 1.68 bits per heavy atom. The van der Waals surface area contributed by atoms with Crippen molar-refractivity contribution >= 4 is 11.6 Å². The average molecular weight is 251 g/mol. The molecule has 0 aliphatic heterocycles. The summed E-state index contributed by atoms with van der Waals surface area (Å²) in [6.45, 7) is 0. The number of rotatable bonds is 3. The van der Waals surface area contributed by atoms with Gasteiger partial charge in [0.15, 0.2) is 5.96 Å². The van der Waals surface area contributed by atoms with Crippen molar-refractivity contribution in [1.29, 1.82) is 0 Å². The van der Waals surface area contributed by atoms with Crippen LogP contribution in [-0.2, 0) is 0 Å². The van der Waals surface area contributed by atoms with Gasteiger partial charge in [-0.3, -0.25) is 0 Å². The topological polar surface area (TPSA) is 50.4 Å². The van der Waals surface area contributed by atoms with Crippen molar-refractivity contribution in [3.63, 3.8) is 0 Å². The monoisotopic (exact) mass is 251 g/mol. The van der Waals surface area contributed by atoms with Gasteiger partial charge in [-0.05, 0) is 24.5 Å². The van der Waals surface area contributed by atoms with E-state index in [0.717, 1.165) is 24.1 Å². The molecule has 3 heteroatoms. The lowest BCUT2D eigenvalue weighted by Gasteiger charge is -2.11. The zero-order valence-corrected chi connectivity index (χ0v) is 10.7. The molecule has 2 aromatic carbocycles. The number of nitrogens with zero attached hydrogens (tertiary/aromatic N) is 1. The second-order valence-corrected chi connectivity index (χ2v) is 4.78. The Morgan fingerprint density at radius 3 is 2.42 bits per heavy atom. The van der Waals surface area contributed by atoms with Crippen LogP contribution in [0.2, 0.25) is 0 Å². The van der Waals surface area contributed by atoms with Crippen molar-refractivity contribution in [2.24, 2.45) is 10.7 Å². The third-order valence-corrected chi connectivity index (χ3v) is 3.14. The van der Waals surface area contributed by atoms with E-state index < -0.39 is 0 Å². The highest BCUT2D eigenvalue weighted by Crippen LogP contribution is 2.28. The van der Waals surface area contributed by atoms with Gasteiger partial charge in [0.05, 0.1) is 6.04 Å². The molecule has 1 saturated carbocycles. The van der Waals surface area contributed by atoms with Crippen molar-refractivity contribution < 1.29 is 0 Å². The van der Waals surface area contributed by atoms with E-state index in [1.54, 1.807) is 0 Å². The van der Waals surface area contributed by atoms with E-state index in [4.69, 9.17) is 5.73 Å². The minimum Gasteiger partial charge on any atom is -0.370 e. The average Bonchev–Trinajstić information content (AvgIpc) is 3.24. The van der Waals surface area contributed by atoms with Crippen LogP contribution in [0.15, 0.2) is 59.6 Å². The number of anilines is 1. The van der Waals surface area contributed by atoms with E-state index in [0.29, 0.717) is 12.0 Å². The van der Waals surface area contributed by atoms with Crippen LogP contribution >= 0.6 is 0 Å². The number of guanidine groups is 1. The second kappa shape index (κ2) is 5.14. The predicted molar refractivity (Wildman–Crippen MR) is 80.1 cm³/mol. The van der Waals surface area contributed by atoms with E-state index in [1.165, 1.54) is 5.56 Å². The Hall–Kier alpha value is -2.29. The molecule has 0 aromatic heterocycles. The molecule has 0 spiro atoms. The Bertz CT molecular complexity index is 586. The number of para-hydroxylation sites is 1. The molecule has 3 nitrogen and oxygen atoms in total. The number of hydrogen-bond acceptors (Lipinski definition) is 1. The molecular formula is C16H17N3. The Balaban J connectivity index is 1.89. The molecule has 0 heterocycles. The van der Waals surface area contributed by atoms with Crippen LogP contribution in [-0.4, -0.2) is 12.0 Å². The van der Waals surface area contributed by atoms with E-state index >= 15 is 0 Å². The summed E-state index contributed by atoms with van der Waals surface area (Å²) in [5.74, 6) is 0.505. The molecule has 19 heavy (non-hydrogen) atoms. The molecule has 1 fully saturated rings. The first-order valence-corrected chi connectivity index (χ1v) is 6.58. The quantitative estimate of drug-likeness (QED) is 0.650. The lowest BCUT2D eigenvalue weighted by atomic mass is 10.0. The zero-order chi connectivity index (χ0) is 13.1. The summed E-state index contributed by atoms with van der Waals surface area (Å²) in [4.78, 5) is 4.40. The SMILES string of the molecule is NC(=NC1CC1)Nc1ccccc1-c1ccccc1. The van der Waals surface area contributed by atoms with Gasteiger partial charge in [-0.1, -0.05) is 48.5 Å². The number of nitrogens with one attached hydrogen (secondary N) is 1. The van der Waals surface area contributed by atoms with Gasteiger partial charge in [-0.2, -0.15) is 0 Å². The zero-order valence-electron chi connectivity index (χ0n) is 10.7. The molecule has 96 valence electrons. The first-order chi connectivity index (χ1) is 9.33. The number of aliphatic imine (C=N–C) groups is 1. The molecule has 3 N–H and O–H groups in total. The largest absolute Gasteiger partial charge is 0.370 e. The van der Waals surface area contributed by atoms with Crippen molar-refractivity contribution in [3.8, 4) is 11.1 Å². The minimum atomic E-state index is 0.427. The fourth-order valence-corrected chi connectivity index (χ4v) is 2.03.